The number of ketones is 1. The van der Waals surface area contributed by atoms with Crippen molar-refractivity contribution < 1.29 is 14.3 Å². The Hall–Kier alpha value is -2.33. The molecule has 0 aliphatic carbocycles. The molecule has 2 aromatic carbocycles. The van der Waals surface area contributed by atoms with Gasteiger partial charge in [-0.05, 0) is 62.0 Å². The van der Waals surface area contributed by atoms with Crippen molar-refractivity contribution in [3.05, 3.63) is 59.7 Å². The minimum atomic E-state index is 0.176. The number of rotatable bonds is 6. The van der Waals surface area contributed by atoms with Gasteiger partial charge in [0.15, 0.2) is 17.3 Å². The van der Waals surface area contributed by atoms with Crippen LogP contribution in [0.25, 0.3) is 0 Å². The number of carbonyl (C=O) groups is 1. The lowest BCUT2D eigenvalue weighted by atomic mass is 9.90. The van der Waals surface area contributed by atoms with Crippen LogP contribution in [0.5, 0.6) is 11.5 Å². The number of Topliss-reactive ketones (excluding diaryl/α,β-unsaturated/α-hetero) is 1. The first-order chi connectivity index (χ1) is 12.8. The van der Waals surface area contributed by atoms with E-state index in [1.807, 2.05) is 12.1 Å². The highest BCUT2D eigenvalue weighted by Crippen LogP contribution is 2.32. The second kappa shape index (κ2) is 7.92. The van der Waals surface area contributed by atoms with E-state index in [0.29, 0.717) is 17.7 Å². The SMILES string of the molecule is O=C(CCN1CCC(Cc2ccccc2)CC1)c1ccc2c(c1)OCO2. The third kappa shape index (κ3) is 4.07. The van der Waals surface area contributed by atoms with Gasteiger partial charge in [-0.25, -0.2) is 0 Å². The van der Waals surface area contributed by atoms with Gasteiger partial charge >= 0.3 is 0 Å². The molecule has 0 spiro atoms. The Morgan fingerprint density at radius 2 is 1.77 bits per heavy atom. The summed E-state index contributed by atoms with van der Waals surface area (Å²) in [6, 6.07) is 16.2. The van der Waals surface area contributed by atoms with Gasteiger partial charge in [0, 0.05) is 18.5 Å². The second-order valence-corrected chi connectivity index (χ2v) is 7.22. The molecule has 4 nitrogen and oxygen atoms in total. The zero-order chi connectivity index (χ0) is 17.8. The van der Waals surface area contributed by atoms with Gasteiger partial charge in [-0.3, -0.25) is 4.79 Å². The zero-order valence-electron chi connectivity index (χ0n) is 15.0. The summed E-state index contributed by atoms with van der Waals surface area (Å²) >= 11 is 0. The summed E-state index contributed by atoms with van der Waals surface area (Å²) in [6.45, 7) is 3.26. The van der Waals surface area contributed by atoms with Gasteiger partial charge in [0.1, 0.15) is 0 Å². The molecule has 1 saturated heterocycles. The topological polar surface area (TPSA) is 38.8 Å². The van der Waals surface area contributed by atoms with Gasteiger partial charge in [-0.15, -0.1) is 0 Å². The van der Waals surface area contributed by atoms with Crippen molar-refractivity contribution in [2.24, 2.45) is 5.92 Å². The van der Waals surface area contributed by atoms with E-state index < -0.39 is 0 Å². The smallest absolute Gasteiger partial charge is 0.231 e. The highest BCUT2D eigenvalue weighted by atomic mass is 16.7. The van der Waals surface area contributed by atoms with Crippen LogP contribution in [0.15, 0.2) is 48.5 Å². The molecule has 0 radical (unpaired) electrons. The number of carbonyl (C=O) groups excluding carboxylic acids is 1. The molecule has 4 rings (SSSR count). The molecule has 136 valence electrons. The molecule has 2 aliphatic heterocycles. The molecule has 0 aromatic heterocycles. The van der Waals surface area contributed by atoms with Crippen molar-refractivity contribution in [1.82, 2.24) is 4.90 Å². The van der Waals surface area contributed by atoms with Gasteiger partial charge in [-0.1, -0.05) is 30.3 Å². The average Bonchev–Trinajstić information content (AvgIpc) is 3.16. The van der Waals surface area contributed by atoms with Crippen molar-refractivity contribution in [3.8, 4) is 11.5 Å². The quantitative estimate of drug-likeness (QED) is 0.739. The predicted molar refractivity (Wildman–Crippen MR) is 101 cm³/mol. The monoisotopic (exact) mass is 351 g/mol. The normalized spacial score (nSPS) is 17.4. The number of nitrogens with zero attached hydrogens (tertiary/aromatic N) is 1. The molecule has 0 amide bonds. The van der Waals surface area contributed by atoms with Gasteiger partial charge in [0.25, 0.3) is 0 Å². The molecule has 4 heteroatoms. The first-order valence-corrected chi connectivity index (χ1v) is 9.47. The Morgan fingerprint density at radius 1 is 1.00 bits per heavy atom. The van der Waals surface area contributed by atoms with Crippen LogP contribution in [0, 0.1) is 5.92 Å². The fourth-order valence-corrected chi connectivity index (χ4v) is 3.84. The minimum Gasteiger partial charge on any atom is -0.454 e. The first kappa shape index (κ1) is 17.1. The molecule has 0 unspecified atom stereocenters. The molecular weight excluding hydrogens is 326 g/mol. The maximum absolute atomic E-state index is 12.5. The summed E-state index contributed by atoms with van der Waals surface area (Å²) in [5.41, 5.74) is 2.15. The first-order valence-electron chi connectivity index (χ1n) is 9.47. The number of ether oxygens (including phenoxy) is 2. The van der Waals surface area contributed by atoms with Gasteiger partial charge < -0.3 is 14.4 Å². The van der Waals surface area contributed by atoms with Crippen molar-refractivity contribution in [1.29, 1.82) is 0 Å². The van der Waals surface area contributed by atoms with Crippen LogP contribution in [-0.4, -0.2) is 37.1 Å². The van der Waals surface area contributed by atoms with Gasteiger partial charge in [-0.2, -0.15) is 0 Å². The largest absolute Gasteiger partial charge is 0.454 e. The summed E-state index contributed by atoms with van der Waals surface area (Å²) in [5.74, 6) is 2.34. The Kier molecular flexibility index (Phi) is 5.21. The van der Waals surface area contributed by atoms with E-state index in [1.54, 1.807) is 6.07 Å². The lowest BCUT2D eigenvalue weighted by molar-refractivity contribution is 0.0950. The summed E-state index contributed by atoms with van der Waals surface area (Å²) < 4.78 is 10.7. The molecule has 2 heterocycles. The lowest BCUT2D eigenvalue weighted by Crippen LogP contribution is -2.35. The molecule has 0 bridgehead atoms. The number of benzene rings is 2. The summed E-state index contributed by atoms with van der Waals surface area (Å²) in [5, 5.41) is 0. The number of hydrogen-bond acceptors (Lipinski definition) is 4. The predicted octanol–water partition coefficient (Wildman–Crippen LogP) is 3.94. The second-order valence-electron chi connectivity index (χ2n) is 7.22. The highest BCUT2D eigenvalue weighted by Gasteiger charge is 2.21. The Morgan fingerprint density at radius 3 is 2.58 bits per heavy atom. The fourth-order valence-electron chi connectivity index (χ4n) is 3.84. The van der Waals surface area contributed by atoms with Crippen LogP contribution >= 0.6 is 0 Å². The van der Waals surface area contributed by atoms with E-state index in [9.17, 15) is 4.79 Å². The van der Waals surface area contributed by atoms with Crippen LogP contribution in [0.2, 0.25) is 0 Å². The van der Waals surface area contributed by atoms with E-state index in [2.05, 4.69) is 35.2 Å². The summed E-state index contributed by atoms with van der Waals surface area (Å²) in [6.07, 6.45) is 4.16. The average molecular weight is 351 g/mol. The molecule has 0 atom stereocenters. The third-order valence-corrected chi connectivity index (χ3v) is 5.42. The molecule has 26 heavy (non-hydrogen) atoms. The van der Waals surface area contributed by atoms with Crippen molar-refractivity contribution in [2.45, 2.75) is 25.7 Å². The van der Waals surface area contributed by atoms with E-state index in [4.69, 9.17) is 9.47 Å². The van der Waals surface area contributed by atoms with E-state index in [1.165, 1.54) is 24.8 Å². The zero-order valence-corrected chi connectivity index (χ0v) is 15.0. The Bertz CT molecular complexity index is 751. The number of piperidine rings is 1. The standard InChI is InChI=1S/C22H25NO3/c24-20(19-6-7-21-22(15-19)26-16-25-21)10-13-23-11-8-18(9-12-23)14-17-4-2-1-3-5-17/h1-7,15,18H,8-14,16H2. The highest BCUT2D eigenvalue weighted by molar-refractivity contribution is 5.96. The van der Waals surface area contributed by atoms with Crippen LogP contribution in [-0.2, 0) is 6.42 Å². The minimum absolute atomic E-state index is 0.176. The molecule has 0 saturated carbocycles. The van der Waals surface area contributed by atoms with Crippen LogP contribution < -0.4 is 9.47 Å². The van der Waals surface area contributed by atoms with E-state index in [0.717, 1.165) is 31.3 Å². The molecule has 2 aliphatic rings. The van der Waals surface area contributed by atoms with Gasteiger partial charge in [0.05, 0.1) is 0 Å². The van der Waals surface area contributed by atoms with Crippen LogP contribution in [0.4, 0.5) is 0 Å². The van der Waals surface area contributed by atoms with E-state index >= 15 is 0 Å². The maximum Gasteiger partial charge on any atom is 0.231 e. The molecule has 2 aromatic rings. The number of fused-ring (bicyclic) bond motifs is 1. The van der Waals surface area contributed by atoms with Crippen molar-refractivity contribution in [2.75, 3.05) is 26.4 Å². The number of hydrogen-bond donors (Lipinski definition) is 0. The van der Waals surface area contributed by atoms with Crippen molar-refractivity contribution in [3.63, 3.8) is 0 Å². The van der Waals surface area contributed by atoms with Crippen LogP contribution in [0.3, 0.4) is 0 Å². The number of likely N-dealkylation sites (tertiary alicyclic amines) is 1. The molecule has 1 fully saturated rings. The molecular formula is C22H25NO3. The Labute approximate surface area is 154 Å². The third-order valence-electron chi connectivity index (χ3n) is 5.42. The van der Waals surface area contributed by atoms with Crippen molar-refractivity contribution >= 4 is 5.78 Å². The molecule has 0 N–H and O–H groups in total. The van der Waals surface area contributed by atoms with Crippen LogP contribution in [0.1, 0.15) is 35.2 Å². The maximum atomic E-state index is 12.5. The fraction of sp³-hybridized carbons (Fsp3) is 0.409. The Balaban J connectivity index is 1.23. The summed E-state index contributed by atoms with van der Waals surface area (Å²) in [7, 11) is 0. The van der Waals surface area contributed by atoms with E-state index in [-0.39, 0.29) is 12.6 Å². The lowest BCUT2D eigenvalue weighted by Gasteiger charge is -2.31. The summed E-state index contributed by atoms with van der Waals surface area (Å²) in [4.78, 5) is 14.9. The van der Waals surface area contributed by atoms with Gasteiger partial charge in [0.2, 0.25) is 6.79 Å².